The maximum atomic E-state index is 11.9. The van der Waals surface area contributed by atoms with E-state index in [2.05, 4.69) is 19.2 Å². The van der Waals surface area contributed by atoms with Crippen molar-refractivity contribution in [1.29, 1.82) is 0 Å². The summed E-state index contributed by atoms with van der Waals surface area (Å²) in [5.41, 5.74) is 0. The van der Waals surface area contributed by atoms with Gasteiger partial charge in [0.05, 0.1) is 6.04 Å². The molecular weight excluding hydrogens is 182 g/mol. The first-order chi connectivity index (χ1) is 6.29. The minimum absolute atomic E-state index is 0.128. The van der Waals surface area contributed by atoms with E-state index in [1.165, 1.54) is 0 Å². The number of rotatable bonds is 4. The number of hydrogen-bond donors (Lipinski definition) is 1. The Morgan fingerprint density at radius 2 is 2.23 bits per heavy atom. The van der Waals surface area contributed by atoms with Crippen LogP contribution in [0.5, 0.6) is 0 Å². The highest BCUT2D eigenvalue weighted by atomic mass is 32.2. The molecule has 0 aromatic rings. The van der Waals surface area contributed by atoms with E-state index in [9.17, 15) is 4.79 Å². The van der Waals surface area contributed by atoms with Gasteiger partial charge in [0.1, 0.15) is 0 Å². The molecule has 1 N–H and O–H groups in total. The molecule has 1 unspecified atom stereocenters. The van der Waals surface area contributed by atoms with Gasteiger partial charge in [-0.15, -0.1) is 0 Å². The molecule has 2 nitrogen and oxygen atoms in total. The Bertz CT molecular complexity index is 162. The van der Waals surface area contributed by atoms with Crippen LogP contribution in [0, 0.1) is 5.92 Å². The third-order valence-corrected chi connectivity index (χ3v) is 3.71. The summed E-state index contributed by atoms with van der Waals surface area (Å²) in [7, 11) is 0. The van der Waals surface area contributed by atoms with Crippen molar-refractivity contribution in [3.8, 4) is 0 Å². The van der Waals surface area contributed by atoms with Gasteiger partial charge in [-0.3, -0.25) is 4.79 Å². The average Bonchev–Trinajstić information content (AvgIpc) is 2.21. The van der Waals surface area contributed by atoms with Crippen LogP contribution in [0.4, 0.5) is 0 Å². The largest absolute Gasteiger partial charge is 0.306 e. The summed E-state index contributed by atoms with van der Waals surface area (Å²) < 4.78 is 0. The SMILES string of the molecule is CCC(CC)C(=O)C1CSCCN1. The van der Waals surface area contributed by atoms with Crippen LogP contribution in [0.15, 0.2) is 0 Å². The maximum Gasteiger partial charge on any atom is 0.153 e. The summed E-state index contributed by atoms with van der Waals surface area (Å²) in [6.07, 6.45) is 1.97. The molecule has 0 amide bonds. The van der Waals surface area contributed by atoms with Crippen molar-refractivity contribution >= 4 is 17.5 Å². The Morgan fingerprint density at radius 3 is 2.69 bits per heavy atom. The second-order valence-corrected chi connectivity index (χ2v) is 4.65. The molecule has 1 aliphatic rings. The molecule has 0 saturated carbocycles. The Balaban J connectivity index is 2.44. The van der Waals surface area contributed by atoms with Gasteiger partial charge < -0.3 is 5.32 Å². The highest BCUT2D eigenvalue weighted by molar-refractivity contribution is 7.99. The lowest BCUT2D eigenvalue weighted by atomic mass is 9.94. The first-order valence-corrected chi connectivity index (χ1v) is 6.29. The summed E-state index contributed by atoms with van der Waals surface area (Å²) in [5.74, 6) is 2.82. The van der Waals surface area contributed by atoms with Gasteiger partial charge in [0.15, 0.2) is 5.78 Å². The zero-order valence-electron chi connectivity index (χ0n) is 8.51. The van der Waals surface area contributed by atoms with Gasteiger partial charge in [0.25, 0.3) is 0 Å². The summed E-state index contributed by atoms with van der Waals surface area (Å²) in [6.45, 7) is 5.19. The predicted molar refractivity (Wildman–Crippen MR) is 58.2 cm³/mol. The molecule has 13 heavy (non-hydrogen) atoms. The van der Waals surface area contributed by atoms with E-state index < -0.39 is 0 Å². The number of ketones is 1. The molecule has 1 saturated heterocycles. The normalized spacial score (nSPS) is 23.5. The Kier molecular flexibility index (Phi) is 4.81. The van der Waals surface area contributed by atoms with Crippen molar-refractivity contribution in [2.75, 3.05) is 18.1 Å². The van der Waals surface area contributed by atoms with Crippen molar-refractivity contribution in [2.24, 2.45) is 5.92 Å². The van der Waals surface area contributed by atoms with Gasteiger partial charge in [-0.25, -0.2) is 0 Å². The first kappa shape index (κ1) is 11.1. The van der Waals surface area contributed by atoms with Gasteiger partial charge in [-0.05, 0) is 12.8 Å². The zero-order chi connectivity index (χ0) is 9.68. The topological polar surface area (TPSA) is 29.1 Å². The van der Waals surface area contributed by atoms with E-state index in [-0.39, 0.29) is 12.0 Å². The standard InChI is InChI=1S/C10H19NOS/c1-3-8(4-2)10(12)9-7-13-6-5-11-9/h8-9,11H,3-7H2,1-2H3. The van der Waals surface area contributed by atoms with Gasteiger partial charge >= 0.3 is 0 Å². The van der Waals surface area contributed by atoms with Crippen LogP contribution in [0.2, 0.25) is 0 Å². The molecule has 0 spiro atoms. The average molecular weight is 201 g/mol. The van der Waals surface area contributed by atoms with E-state index in [1.807, 2.05) is 11.8 Å². The molecule has 0 aromatic carbocycles. The van der Waals surface area contributed by atoms with E-state index >= 15 is 0 Å². The molecule has 76 valence electrons. The highest BCUT2D eigenvalue weighted by Crippen LogP contribution is 2.16. The number of nitrogens with one attached hydrogen (secondary N) is 1. The fourth-order valence-electron chi connectivity index (χ4n) is 1.72. The lowest BCUT2D eigenvalue weighted by Gasteiger charge is -2.25. The smallest absolute Gasteiger partial charge is 0.153 e. The van der Waals surface area contributed by atoms with Gasteiger partial charge in [-0.1, -0.05) is 13.8 Å². The lowest BCUT2D eigenvalue weighted by Crippen LogP contribution is -2.45. The third-order valence-electron chi connectivity index (χ3n) is 2.65. The number of carbonyl (C=O) groups excluding carboxylic acids is 1. The number of Topliss-reactive ketones (excluding diaryl/α,β-unsaturated/α-hetero) is 1. The quantitative estimate of drug-likeness (QED) is 0.750. The minimum atomic E-state index is 0.128. The van der Waals surface area contributed by atoms with E-state index in [0.29, 0.717) is 5.78 Å². The minimum Gasteiger partial charge on any atom is -0.306 e. The molecular formula is C10H19NOS. The molecule has 1 aliphatic heterocycles. The van der Waals surface area contributed by atoms with Crippen molar-refractivity contribution in [1.82, 2.24) is 5.32 Å². The van der Waals surface area contributed by atoms with Crippen molar-refractivity contribution in [2.45, 2.75) is 32.7 Å². The van der Waals surface area contributed by atoms with Crippen molar-refractivity contribution in [3.63, 3.8) is 0 Å². The molecule has 0 aromatic heterocycles. The Hall–Kier alpha value is -0.0200. The molecule has 0 aliphatic carbocycles. The molecule has 3 heteroatoms. The Labute approximate surface area is 84.9 Å². The summed E-state index contributed by atoms with van der Waals surface area (Å²) in [5, 5.41) is 3.30. The van der Waals surface area contributed by atoms with Crippen LogP contribution in [-0.4, -0.2) is 29.9 Å². The van der Waals surface area contributed by atoms with Crippen LogP contribution in [0.25, 0.3) is 0 Å². The molecule has 1 heterocycles. The molecule has 1 rings (SSSR count). The second-order valence-electron chi connectivity index (χ2n) is 3.50. The van der Waals surface area contributed by atoms with Gasteiger partial charge in [0, 0.05) is 24.0 Å². The fourth-order valence-corrected chi connectivity index (χ4v) is 2.67. The van der Waals surface area contributed by atoms with Gasteiger partial charge in [0.2, 0.25) is 0 Å². The van der Waals surface area contributed by atoms with Gasteiger partial charge in [-0.2, -0.15) is 11.8 Å². The third kappa shape index (κ3) is 2.99. The summed E-state index contributed by atoms with van der Waals surface area (Å²) >= 11 is 1.89. The van der Waals surface area contributed by atoms with E-state index in [4.69, 9.17) is 0 Å². The number of hydrogen-bond acceptors (Lipinski definition) is 3. The monoisotopic (exact) mass is 201 g/mol. The summed E-state index contributed by atoms with van der Waals surface area (Å²) in [4.78, 5) is 11.9. The van der Waals surface area contributed by atoms with Crippen LogP contribution in [-0.2, 0) is 4.79 Å². The van der Waals surface area contributed by atoms with Crippen molar-refractivity contribution in [3.05, 3.63) is 0 Å². The summed E-state index contributed by atoms with van der Waals surface area (Å²) in [6, 6.07) is 0.128. The Morgan fingerprint density at radius 1 is 1.54 bits per heavy atom. The fraction of sp³-hybridized carbons (Fsp3) is 0.900. The molecule has 1 fully saturated rings. The van der Waals surface area contributed by atoms with Crippen LogP contribution in [0.3, 0.4) is 0 Å². The highest BCUT2D eigenvalue weighted by Gasteiger charge is 2.25. The van der Waals surface area contributed by atoms with E-state index in [0.717, 1.165) is 30.9 Å². The zero-order valence-corrected chi connectivity index (χ0v) is 9.32. The number of carbonyl (C=O) groups is 1. The predicted octanol–water partition coefficient (Wildman–Crippen LogP) is 1.70. The van der Waals surface area contributed by atoms with Crippen LogP contribution < -0.4 is 5.32 Å². The second kappa shape index (κ2) is 5.66. The molecule has 0 bridgehead atoms. The molecule has 1 atom stereocenters. The maximum absolute atomic E-state index is 11.9. The van der Waals surface area contributed by atoms with Crippen molar-refractivity contribution < 1.29 is 4.79 Å². The van der Waals surface area contributed by atoms with Crippen LogP contribution >= 0.6 is 11.8 Å². The molecule has 0 radical (unpaired) electrons. The van der Waals surface area contributed by atoms with Crippen LogP contribution in [0.1, 0.15) is 26.7 Å². The first-order valence-electron chi connectivity index (χ1n) is 5.14. The lowest BCUT2D eigenvalue weighted by molar-refractivity contribution is -0.124. The number of thioether (sulfide) groups is 1. The van der Waals surface area contributed by atoms with E-state index in [1.54, 1.807) is 0 Å².